The van der Waals surface area contributed by atoms with Crippen molar-refractivity contribution in [1.82, 2.24) is 10.2 Å². The summed E-state index contributed by atoms with van der Waals surface area (Å²) in [4.78, 5) is 14.1. The maximum Gasteiger partial charge on any atom is 0.310 e. The molecule has 3 aliphatic rings. The second kappa shape index (κ2) is 10.6. The van der Waals surface area contributed by atoms with Gasteiger partial charge in [-0.25, -0.2) is 0 Å². The number of nitrogens with one attached hydrogen (secondary N) is 1. The van der Waals surface area contributed by atoms with Gasteiger partial charge >= 0.3 is 5.97 Å². The zero-order valence-electron chi connectivity index (χ0n) is 17.8. The second-order valence-electron chi connectivity index (χ2n) is 9.39. The van der Waals surface area contributed by atoms with Crippen LogP contribution >= 0.6 is 24.8 Å². The highest BCUT2D eigenvalue weighted by molar-refractivity contribution is 5.85. The number of likely N-dealkylation sites (tertiary alicyclic amines) is 1. The highest BCUT2D eigenvalue weighted by Crippen LogP contribution is 2.44. The summed E-state index contributed by atoms with van der Waals surface area (Å²) < 4.78 is 5.60. The topological polar surface area (TPSA) is 61.8 Å². The fourth-order valence-electron chi connectivity index (χ4n) is 5.17. The predicted molar refractivity (Wildman–Crippen MR) is 124 cm³/mol. The Labute approximate surface area is 192 Å². The van der Waals surface area contributed by atoms with Gasteiger partial charge in [0.1, 0.15) is 0 Å². The van der Waals surface area contributed by atoms with E-state index in [0.29, 0.717) is 12.0 Å². The van der Waals surface area contributed by atoms with Crippen LogP contribution in [0.2, 0.25) is 0 Å². The van der Waals surface area contributed by atoms with E-state index in [-0.39, 0.29) is 30.2 Å². The molecule has 1 saturated heterocycles. The van der Waals surface area contributed by atoms with Crippen molar-refractivity contribution in [2.45, 2.75) is 50.5 Å². The van der Waals surface area contributed by atoms with Crippen molar-refractivity contribution >= 4 is 30.8 Å². The smallest absolute Gasteiger partial charge is 0.310 e. The first-order valence-electron chi connectivity index (χ1n) is 10.8. The number of piperidine rings is 1. The fraction of sp³-hybridized carbons (Fsp3) is 0.696. The summed E-state index contributed by atoms with van der Waals surface area (Å²) in [5.74, 6) is 0.0461. The molecule has 1 aliphatic heterocycles. The Morgan fingerprint density at radius 1 is 1.17 bits per heavy atom. The number of hydrogen-bond acceptors (Lipinski definition) is 4. The Balaban J connectivity index is 0.00000160. The van der Waals surface area contributed by atoms with Crippen LogP contribution in [0.4, 0.5) is 0 Å². The van der Waals surface area contributed by atoms with Crippen LogP contribution in [0.15, 0.2) is 30.3 Å². The predicted octanol–water partition coefficient (Wildman–Crippen LogP) is 3.96. The van der Waals surface area contributed by atoms with Crippen LogP contribution in [0.1, 0.15) is 50.0 Å². The summed E-state index contributed by atoms with van der Waals surface area (Å²) in [5, 5.41) is 13.4. The van der Waals surface area contributed by atoms with E-state index in [9.17, 15) is 9.90 Å². The Morgan fingerprint density at radius 2 is 1.83 bits per heavy atom. The van der Waals surface area contributed by atoms with Crippen LogP contribution in [-0.4, -0.2) is 61.9 Å². The Kier molecular flexibility index (Phi) is 9.02. The number of carboxylic acids is 1. The molecule has 0 aromatic heterocycles. The SMILES string of the molecule is COCC1(CN[C@@H]2C[C@H]2c2ccccc2)CCN(CC2(C(=O)O)CCC2)CC1.Cl.Cl. The van der Waals surface area contributed by atoms with Crippen LogP contribution in [0.3, 0.4) is 0 Å². The molecule has 2 N–H and O–H groups in total. The molecule has 1 heterocycles. The first kappa shape index (κ1) is 25.4. The molecule has 30 heavy (non-hydrogen) atoms. The summed E-state index contributed by atoms with van der Waals surface area (Å²) >= 11 is 0. The molecule has 0 radical (unpaired) electrons. The summed E-state index contributed by atoms with van der Waals surface area (Å²) in [7, 11) is 1.80. The van der Waals surface area contributed by atoms with E-state index in [2.05, 4.69) is 40.5 Å². The normalized spacial score (nSPS) is 26.6. The quantitative estimate of drug-likeness (QED) is 0.586. The number of carboxylic acid groups (broad SMARTS) is 1. The van der Waals surface area contributed by atoms with Gasteiger partial charge in [-0.15, -0.1) is 24.8 Å². The Bertz CT molecular complexity index is 676. The van der Waals surface area contributed by atoms with E-state index in [1.54, 1.807) is 7.11 Å². The Morgan fingerprint density at radius 3 is 2.37 bits per heavy atom. The number of methoxy groups -OCH3 is 1. The minimum atomic E-state index is -0.602. The monoisotopic (exact) mass is 458 g/mol. The molecule has 1 aromatic rings. The van der Waals surface area contributed by atoms with Gasteiger partial charge in [-0.2, -0.15) is 0 Å². The van der Waals surface area contributed by atoms with Crippen LogP contribution in [0.25, 0.3) is 0 Å². The Hall–Kier alpha value is -0.850. The van der Waals surface area contributed by atoms with Gasteiger partial charge in [0.05, 0.1) is 12.0 Å². The minimum Gasteiger partial charge on any atom is -0.481 e. The van der Waals surface area contributed by atoms with Crippen molar-refractivity contribution in [2.75, 3.05) is 39.9 Å². The van der Waals surface area contributed by atoms with Crippen molar-refractivity contribution in [3.8, 4) is 0 Å². The number of rotatable bonds is 9. The van der Waals surface area contributed by atoms with Crippen LogP contribution in [0.5, 0.6) is 0 Å². The maximum absolute atomic E-state index is 11.7. The van der Waals surface area contributed by atoms with Gasteiger partial charge in [0.15, 0.2) is 0 Å². The van der Waals surface area contributed by atoms with Crippen LogP contribution in [0, 0.1) is 10.8 Å². The van der Waals surface area contributed by atoms with Gasteiger partial charge < -0.3 is 20.1 Å². The molecule has 2 saturated carbocycles. The molecule has 0 unspecified atom stereocenters. The van der Waals surface area contributed by atoms with Gasteiger partial charge in [0.25, 0.3) is 0 Å². The van der Waals surface area contributed by atoms with Gasteiger partial charge in [-0.3, -0.25) is 4.79 Å². The third kappa shape index (κ3) is 5.49. The number of hydrogen-bond donors (Lipinski definition) is 2. The van der Waals surface area contributed by atoms with Crippen molar-refractivity contribution < 1.29 is 14.6 Å². The van der Waals surface area contributed by atoms with E-state index in [1.165, 1.54) is 12.0 Å². The van der Waals surface area contributed by atoms with E-state index in [0.717, 1.165) is 64.9 Å². The molecule has 2 atom stereocenters. The molecular weight excluding hydrogens is 423 g/mol. The number of carbonyl (C=O) groups is 1. The van der Waals surface area contributed by atoms with Gasteiger partial charge in [-0.1, -0.05) is 36.8 Å². The van der Waals surface area contributed by atoms with Gasteiger partial charge in [0.2, 0.25) is 0 Å². The van der Waals surface area contributed by atoms with Gasteiger partial charge in [0, 0.05) is 37.6 Å². The van der Waals surface area contributed by atoms with E-state index >= 15 is 0 Å². The average Bonchev–Trinajstić information content (AvgIpc) is 3.45. The molecule has 0 spiro atoms. The highest BCUT2D eigenvalue weighted by atomic mass is 35.5. The van der Waals surface area contributed by atoms with E-state index < -0.39 is 11.4 Å². The average molecular weight is 459 g/mol. The maximum atomic E-state index is 11.7. The molecule has 170 valence electrons. The zero-order valence-corrected chi connectivity index (χ0v) is 19.5. The van der Waals surface area contributed by atoms with Crippen molar-refractivity contribution in [3.63, 3.8) is 0 Å². The third-order valence-electron chi connectivity index (χ3n) is 7.42. The lowest BCUT2D eigenvalue weighted by Crippen LogP contribution is -2.53. The molecule has 0 bridgehead atoms. The number of ether oxygens (including phenoxy) is 1. The molecule has 3 fully saturated rings. The highest BCUT2D eigenvalue weighted by Gasteiger charge is 2.47. The molecule has 2 aliphatic carbocycles. The summed E-state index contributed by atoms with van der Waals surface area (Å²) in [6.07, 6.45) is 6.11. The van der Waals surface area contributed by atoms with Crippen molar-refractivity contribution in [1.29, 1.82) is 0 Å². The van der Waals surface area contributed by atoms with E-state index in [4.69, 9.17) is 4.74 Å². The molecule has 4 rings (SSSR count). The summed E-state index contributed by atoms with van der Waals surface area (Å²) in [6.45, 7) is 4.45. The third-order valence-corrected chi connectivity index (χ3v) is 7.42. The van der Waals surface area contributed by atoms with Crippen molar-refractivity contribution in [3.05, 3.63) is 35.9 Å². The van der Waals surface area contributed by atoms with Crippen LogP contribution in [-0.2, 0) is 9.53 Å². The van der Waals surface area contributed by atoms with Crippen LogP contribution < -0.4 is 5.32 Å². The first-order valence-corrected chi connectivity index (χ1v) is 10.8. The molecule has 0 amide bonds. The molecule has 7 heteroatoms. The molecular formula is C23H36Cl2N2O3. The number of aliphatic carboxylic acids is 1. The zero-order chi connectivity index (χ0) is 19.6. The lowest BCUT2D eigenvalue weighted by molar-refractivity contribution is -0.157. The van der Waals surface area contributed by atoms with E-state index in [1.807, 2.05) is 0 Å². The van der Waals surface area contributed by atoms with Gasteiger partial charge in [-0.05, 0) is 50.8 Å². The second-order valence-corrected chi connectivity index (χ2v) is 9.39. The largest absolute Gasteiger partial charge is 0.481 e. The lowest BCUT2D eigenvalue weighted by atomic mass is 9.68. The first-order chi connectivity index (χ1) is 13.6. The lowest BCUT2D eigenvalue weighted by Gasteiger charge is -2.46. The summed E-state index contributed by atoms with van der Waals surface area (Å²) in [6, 6.07) is 11.4. The summed E-state index contributed by atoms with van der Waals surface area (Å²) in [5.41, 5.74) is 1.14. The number of halogens is 2. The number of nitrogens with zero attached hydrogens (tertiary/aromatic N) is 1. The molecule has 5 nitrogen and oxygen atoms in total. The number of benzene rings is 1. The molecule has 1 aromatic carbocycles. The van der Waals surface area contributed by atoms with Crippen molar-refractivity contribution in [2.24, 2.45) is 10.8 Å². The fourth-order valence-corrected chi connectivity index (χ4v) is 5.17. The minimum absolute atomic E-state index is 0. The standard InChI is InChI=1S/C23H34N2O3.2ClH/c1-28-17-22(15-24-20-14-19(20)18-6-3-2-4-7-18)10-12-25(13-11-22)16-23(21(26)27)8-5-9-23;;/h2-4,6-7,19-20,24H,5,8-17H2,1H3,(H,26,27);2*1H/t19-,20+;;/m0../s1.